The SMILES string of the molecule is Cl.O=C(c1ccn(C2CCCNC2)n1)N(CCc1ccccc1)C1CCCC1. The molecule has 0 radical (unpaired) electrons. The summed E-state index contributed by atoms with van der Waals surface area (Å²) in [7, 11) is 0. The van der Waals surface area contributed by atoms with E-state index in [1.807, 2.05) is 23.0 Å². The predicted octanol–water partition coefficient (Wildman–Crippen LogP) is 3.86. The number of hydrogen-bond acceptors (Lipinski definition) is 3. The Morgan fingerprint density at radius 2 is 1.89 bits per heavy atom. The minimum absolute atomic E-state index is 0. The third-order valence-corrected chi connectivity index (χ3v) is 5.98. The highest BCUT2D eigenvalue weighted by Gasteiger charge is 2.29. The molecule has 1 unspecified atom stereocenters. The first kappa shape index (κ1) is 20.9. The standard InChI is InChI=1S/C22H30N4O.ClH/c27-22(21-13-16-26(24-21)20-11-6-14-23-17-20)25(19-9-4-5-10-19)15-12-18-7-2-1-3-8-18;/h1-3,7-8,13,16,19-20,23H,4-6,9-12,14-15,17H2;1H. The molecule has 1 aromatic carbocycles. The fraction of sp³-hybridized carbons (Fsp3) is 0.545. The molecular weight excluding hydrogens is 372 g/mol. The van der Waals surface area contributed by atoms with E-state index in [0.717, 1.165) is 45.3 Å². The highest BCUT2D eigenvalue weighted by atomic mass is 35.5. The number of hydrogen-bond donors (Lipinski definition) is 1. The lowest BCUT2D eigenvalue weighted by Crippen LogP contribution is -2.40. The zero-order valence-corrected chi connectivity index (χ0v) is 17.2. The van der Waals surface area contributed by atoms with Gasteiger partial charge in [-0.2, -0.15) is 5.10 Å². The van der Waals surface area contributed by atoms with Gasteiger partial charge >= 0.3 is 0 Å². The summed E-state index contributed by atoms with van der Waals surface area (Å²) in [5, 5.41) is 8.09. The fourth-order valence-electron chi connectivity index (χ4n) is 4.42. The first-order chi connectivity index (χ1) is 13.3. The van der Waals surface area contributed by atoms with E-state index < -0.39 is 0 Å². The summed E-state index contributed by atoms with van der Waals surface area (Å²) in [6, 6.07) is 13.1. The van der Waals surface area contributed by atoms with Gasteiger partial charge in [-0.3, -0.25) is 9.48 Å². The topological polar surface area (TPSA) is 50.2 Å². The number of carbonyl (C=O) groups is 1. The molecule has 5 nitrogen and oxygen atoms in total. The van der Waals surface area contributed by atoms with Gasteiger partial charge in [0.1, 0.15) is 5.69 Å². The molecule has 0 bridgehead atoms. The number of carbonyl (C=O) groups excluding carboxylic acids is 1. The van der Waals surface area contributed by atoms with Crippen LogP contribution in [0.2, 0.25) is 0 Å². The fourth-order valence-corrected chi connectivity index (χ4v) is 4.42. The van der Waals surface area contributed by atoms with Gasteiger partial charge in [-0.15, -0.1) is 12.4 Å². The van der Waals surface area contributed by atoms with Gasteiger partial charge in [0.25, 0.3) is 5.91 Å². The van der Waals surface area contributed by atoms with Gasteiger partial charge in [-0.1, -0.05) is 43.2 Å². The molecule has 0 spiro atoms. The number of piperidine rings is 1. The van der Waals surface area contributed by atoms with Crippen molar-refractivity contribution in [3.63, 3.8) is 0 Å². The quantitative estimate of drug-likeness (QED) is 0.798. The molecule has 1 N–H and O–H groups in total. The summed E-state index contributed by atoms with van der Waals surface area (Å²) >= 11 is 0. The maximum Gasteiger partial charge on any atom is 0.274 e. The summed E-state index contributed by atoms with van der Waals surface area (Å²) < 4.78 is 1.99. The van der Waals surface area contributed by atoms with Crippen molar-refractivity contribution in [3.05, 3.63) is 53.9 Å². The van der Waals surface area contributed by atoms with E-state index in [1.54, 1.807) is 0 Å². The summed E-state index contributed by atoms with van der Waals surface area (Å²) in [5.41, 5.74) is 1.88. The third-order valence-electron chi connectivity index (χ3n) is 5.98. The Bertz CT molecular complexity index is 736. The highest BCUT2D eigenvalue weighted by molar-refractivity contribution is 5.92. The second-order valence-corrected chi connectivity index (χ2v) is 7.85. The lowest BCUT2D eigenvalue weighted by molar-refractivity contribution is 0.0676. The van der Waals surface area contributed by atoms with Crippen LogP contribution in [0.15, 0.2) is 42.6 Å². The first-order valence-electron chi connectivity index (χ1n) is 10.4. The summed E-state index contributed by atoms with van der Waals surface area (Å²) in [6.07, 6.45) is 9.86. The van der Waals surface area contributed by atoms with Crippen molar-refractivity contribution in [2.24, 2.45) is 0 Å². The van der Waals surface area contributed by atoms with Crippen molar-refractivity contribution in [3.8, 4) is 0 Å². The molecule has 1 atom stereocenters. The number of aromatic nitrogens is 2. The Morgan fingerprint density at radius 1 is 1.11 bits per heavy atom. The molecule has 4 rings (SSSR count). The van der Waals surface area contributed by atoms with E-state index >= 15 is 0 Å². The van der Waals surface area contributed by atoms with Gasteiger partial charge in [-0.05, 0) is 50.3 Å². The lowest BCUT2D eigenvalue weighted by Gasteiger charge is -2.28. The second kappa shape index (κ2) is 10.1. The van der Waals surface area contributed by atoms with Gasteiger partial charge in [0, 0.05) is 25.3 Å². The van der Waals surface area contributed by atoms with Crippen molar-refractivity contribution in [2.75, 3.05) is 19.6 Å². The van der Waals surface area contributed by atoms with Crippen LogP contribution in [-0.2, 0) is 6.42 Å². The molecule has 1 saturated heterocycles. The van der Waals surface area contributed by atoms with Crippen LogP contribution in [0.25, 0.3) is 0 Å². The molecule has 6 heteroatoms. The molecule has 1 saturated carbocycles. The largest absolute Gasteiger partial charge is 0.334 e. The third kappa shape index (κ3) is 4.95. The van der Waals surface area contributed by atoms with E-state index in [4.69, 9.17) is 0 Å². The molecular formula is C22H31ClN4O. The maximum atomic E-state index is 13.3. The summed E-state index contributed by atoms with van der Waals surface area (Å²) in [4.78, 5) is 15.4. The van der Waals surface area contributed by atoms with Crippen molar-refractivity contribution in [1.82, 2.24) is 20.0 Å². The molecule has 1 aliphatic heterocycles. The Morgan fingerprint density at radius 3 is 2.61 bits per heavy atom. The lowest BCUT2D eigenvalue weighted by atomic mass is 10.1. The molecule has 28 heavy (non-hydrogen) atoms. The average molecular weight is 403 g/mol. The Balaban J connectivity index is 0.00000225. The molecule has 2 aromatic rings. The molecule has 1 amide bonds. The van der Waals surface area contributed by atoms with Gasteiger partial charge in [0.2, 0.25) is 0 Å². The van der Waals surface area contributed by atoms with Gasteiger partial charge in [0.05, 0.1) is 6.04 Å². The van der Waals surface area contributed by atoms with Crippen LogP contribution in [0.1, 0.15) is 60.6 Å². The number of benzene rings is 1. The van der Waals surface area contributed by atoms with E-state index in [9.17, 15) is 4.79 Å². The Hall–Kier alpha value is -1.85. The van der Waals surface area contributed by atoms with Crippen molar-refractivity contribution < 1.29 is 4.79 Å². The van der Waals surface area contributed by atoms with Crippen LogP contribution in [0.3, 0.4) is 0 Å². The van der Waals surface area contributed by atoms with E-state index in [1.165, 1.54) is 24.8 Å². The van der Waals surface area contributed by atoms with Crippen molar-refractivity contribution in [2.45, 2.75) is 57.0 Å². The van der Waals surface area contributed by atoms with Gasteiger partial charge < -0.3 is 10.2 Å². The number of nitrogens with zero attached hydrogens (tertiary/aromatic N) is 3. The highest BCUT2D eigenvalue weighted by Crippen LogP contribution is 2.25. The van der Waals surface area contributed by atoms with E-state index in [-0.39, 0.29) is 18.3 Å². The van der Waals surface area contributed by atoms with E-state index in [2.05, 4.69) is 39.6 Å². The molecule has 152 valence electrons. The summed E-state index contributed by atoms with van der Waals surface area (Å²) in [5.74, 6) is 0.0975. The predicted molar refractivity (Wildman–Crippen MR) is 114 cm³/mol. The molecule has 2 aliphatic rings. The minimum atomic E-state index is 0. The van der Waals surface area contributed by atoms with Crippen LogP contribution in [0.5, 0.6) is 0 Å². The van der Waals surface area contributed by atoms with Crippen molar-refractivity contribution >= 4 is 18.3 Å². The average Bonchev–Trinajstić information content (AvgIpc) is 3.42. The zero-order valence-electron chi connectivity index (χ0n) is 16.4. The van der Waals surface area contributed by atoms with Crippen LogP contribution in [0.4, 0.5) is 0 Å². The van der Waals surface area contributed by atoms with Gasteiger partial charge in [-0.25, -0.2) is 0 Å². The number of rotatable bonds is 6. The first-order valence-corrected chi connectivity index (χ1v) is 10.4. The van der Waals surface area contributed by atoms with Crippen LogP contribution >= 0.6 is 12.4 Å². The summed E-state index contributed by atoms with van der Waals surface area (Å²) in [6.45, 7) is 2.79. The molecule has 1 aromatic heterocycles. The molecule has 1 aliphatic carbocycles. The number of halogens is 1. The normalized spacial score (nSPS) is 19.9. The van der Waals surface area contributed by atoms with E-state index in [0.29, 0.717) is 17.8 Å². The van der Waals surface area contributed by atoms with Crippen LogP contribution in [-0.4, -0.2) is 46.3 Å². The van der Waals surface area contributed by atoms with Crippen LogP contribution in [0, 0.1) is 0 Å². The Labute approximate surface area is 173 Å². The monoisotopic (exact) mass is 402 g/mol. The smallest absolute Gasteiger partial charge is 0.274 e. The van der Waals surface area contributed by atoms with Gasteiger partial charge in [0.15, 0.2) is 0 Å². The molecule has 2 heterocycles. The molecule has 2 fully saturated rings. The minimum Gasteiger partial charge on any atom is -0.334 e. The number of amides is 1. The number of nitrogens with one attached hydrogen (secondary N) is 1. The Kier molecular flexibility index (Phi) is 7.51. The zero-order chi connectivity index (χ0) is 18.5. The van der Waals surface area contributed by atoms with Crippen molar-refractivity contribution in [1.29, 1.82) is 0 Å². The second-order valence-electron chi connectivity index (χ2n) is 7.85. The maximum absolute atomic E-state index is 13.3. The van der Waals surface area contributed by atoms with Crippen LogP contribution < -0.4 is 5.32 Å².